The fourth-order valence-corrected chi connectivity index (χ4v) is 2.64. The van der Waals surface area contributed by atoms with E-state index in [1.807, 2.05) is 48.5 Å². The summed E-state index contributed by atoms with van der Waals surface area (Å²) in [6.45, 7) is 5.53. The normalized spacial score (nSPS) is 15.3. The Hall–Kier alpha value is -2.58. The maximum absolute atomic E-state index is 6.09. The van der Waals surface area contributed by atoms with E-state index >= 15 is 0 Å². The molecule has 0 saturated heterocycles. The third kappa shape index (κ3) is 4.28. The van der Waals surface area contributed by atoms with E-state index in [4.69, 9.17) is 9.47 Å². The molecule has 0 atom stereocenters. The second kappa shape index (κ2) is 8.50. The van der Waals surface area contributed by atoms with Crippen LogP contribution in [0.1, 0.15) is 34.1 Å². The average Bonchev–Trinajstić information content (AvgIpc) is 2.63. The number of benzene rings is 2. The molecule has 132 valence electrons. The molecule has 1 heterocycles. The van der Waals surface area contributed by atoms with Gasteiger partial charge in [0.1, 0.15) is 28.9 Å². The fourth-order valence-electron chi connectivity index (χ4n) is 2.64. The van der Waals surface area contributed by atoms with Crippen molar-refractivity contribution in [2.45, 2.75) is 34.1 Å². The van der Waals surface area contributed by atoms with E-state index in [9.17, 15) is 0 Å². The molecule has 0 spiro atoms. The SMILES string of the molecule is C.CCC1(CC)COc2ccccc2N=C=Nc2ccccc2OC1. The Morgan fingerprint density at radius 1 is 0.840 bits per heavy atom. The zero-order valence-electron chi connectivity index (χ0n) is 14.2. The molecule has 2 aromatic rings. The van der Waals surface area contributed by atoms with Crippen LogP contribution in [0.2, 0.25) is 0 Å². The first-order chi connectivity index (χ1) is 11.8. The third-order valence-corrected chi connectivity index (χ3v) is 4.64. The summed E-state index contributed by atoms with van der Waals surface area (Å²) in [6.07, 6.45) is 1.95. The highest BCUT2D eigenvalue weighted by Crippen LogP contribution is 2.35. The predicted molar refractivity (Wildman–Crippen MR) is 103 cm³/mol. The van der Waals surface area contributed by atoms with Crippen LogP contribution < -0.4 is 9.47 Å². The first-order valence-corrected chi connectivity index (χ1v) is 8.36. The Morgan fingerprint density at radius 3 is 1.72 bits per heavy atom. The molecule has 1 aliphatic rings. The standard InChI is InChI=1S/C20H22N2O2.CH4/c1-3-20(4-2)13-23-18-11-7-5-9-16(18)21-15-22-17-10-6-8-12-19(17)24-14-20;/h5-12H,3-4,13-14H2,1-2H3;1H4. The van der Waals surface area contributed by atoms with Gasteiger partial charge in [-0.15, -0.1) is 0 Å². The van der Waals surface area contributed by atoms with Crippen molar-refractivity contribution in [2.24, 2.45) is 15.4 Å². The number of fused-ring (bicyclic) bond motifs is 2. The van der Waals surface area contributed by atoms with Crippen LogP contribution in [0.5, 0.6) is 11.5 Å². The highest BCUT2D eigenvalue weighted by molar-refractivity contribution is 5.64. The van der Waals surface area contributed by atoms with Gasteiger partial charge in [0.2, 0.25) is 0 Å². The van der Waals surface area contributed by atoms with E-state index in [2.05, 4.69) is 29.8 Å². The lowest BCUT2D eigenvalue weighted by Gasteiger charge is -2.31. The Labute approximate surface area is 150 Å². The molecule has 4 nitrogen and oxygen atoms in total. The second-order valence-corrected chi connectivity index (χ2v) is 6.04. The summed E-state index contributed by atoms with van der Waals surface area (Å²) in [5, 5.41) is 0. The van der Waals surface area contributed by atoms with Crippen molar-refractivity contribution in [3.05, 3.63) is 48.5 Å². The predicted octanol–water partition coefficient (Wildman–Crippen LogP) is 6.04. The van der Waals surface area contributed by atoms with Gasteiger partial charge in [0.15, 0.2) is 0 Å². The van der Waals surface area contributed by atoms with Gasteiger partial charge in [0, 0.05) is 5.41 Å². The molecule has 0 unspecified atom stereocenters. The van der Waals surface area contributed by atoms with Crippen LogP contribution in [0.15, 0.2) is 58.5 Å². The maximum atomic E-state index is 6.09. The van der Waals surface area contributed by atoms with Gasteiger partial charge in [0.25, 0.3) is 0 Å². The number of rotatable bonds is 2. The lowest BCUT2D eigenvalue weighted by atomic mass is 9.84. The van der Waals surface area contributed by atoms with E-state index in [0.29, 0.717) is 13.2 Å². The molecule has 3 rings (SSSR count). The summed E-state index contributed by atoms with van der Waals surface area (Å²) in [4.78, 5) is 8.64. The summed E-state index contributed by atoms with van der Waals surface area (Å²) < 4.78 is 12.2. The number of hydrogen-bond donors (Lipinski definition) is 0. The number of aliphatic imine (C=N–C) groups is 2. The Kier molecular flexibility index (Phi) is 6.37. The third-order valence-electron chi connectivity index (χ3n) is 4.64. The monoisotopic (exact) mass is 338 g/mol. The molecule has 25 heavy (non-hydrogen) atoms. The van der Waals surface area contributed by atoms with Crippen LogP contribution in [-0.2, 0) is 0 Å². The second-order valence-electron chi connectivity index (χ2n) is 6.04. The lowest BCUT2D eigenvalue weighted by molar-refractivity contribution is 0.0710. The maximum Gasteiger partial charge on any atom is 0.145 e. The van der Waals surface area contributed by atoms with E-state index in [1.54, 1.807) is 0 Å². The first-order valence-electron chi connectivity index (χ1n) is 8.36. The fraction of sp³-hybridized carbons (Fsp3) is 0.381. The highest BCUT2D eigenvalue weighted by atomic mass is 16.5. The molecule has 1 aliphatic heterocycles. The molecule has 0 amide bonds. The van der Waals surface area contributed by atoms with Crippen LogP contribution in [0.4, 0.5) is 11.4 Å². The minimum atomic E-state index is -0.0488. The van der Waals surface area contributed by atoms with Gasteiger partial charge in [-0.25, -0.2) is 0 Å². The molecule has 0 N–H and O–H groups in total. The minimum absolute atomic E-state index is 0. The van der Waals surface area contributed by atoms with E-state index < -0.39 is 0 Å². The van der Waals surface area contributed by atoms with Gasteiger partial charge in [-0.2, -0.15) is 9.98 Å². The van der Waals surface area contributed by atoms with Crippen LogP contribution in [-0.4, -0.2) is 19.2 Å². The highest BCUT2D eigenvalue weighted by Gasteiger charge is 2.29. The zero-order chi connectivity index (χ0) is 16.8. The Balaban J connectivity index is 0.00000225. The van der Waals surface area contributed by atoms with Crippen molar-refractivity contribution >= 4 is 17.4 Å². The molecule has 0 aliphatic carbocycles. The zero-order valence-corrected chi connectivity index (χ0v) is 14.2. The molecular weight excluding hydrogens is 312 g/mol. The number of nitrogens with zero attached hydrogens (tertiary/aromatic N) is 2. The minimum Gasteiger partial charge on any atom is -0.491 e. The van der Waals surface area contributed by atoms with Gasteiger partial charge in [-0.3, -0.25) is 0 Å². The first kappa shape index (κ1) is 18.8. The van der Waals surface area contributed by atoms with Crippen molar-refractivity contribution in [3.63, 3.8) is 0 Å². The van der Waals surface area contributed by atoms with Crippen molar-refractivity contribution in [3.8, 4) is 11.5 Å². The van der Waals surface area contributed by atoms with Crippen molar-refractivity contribution in [1.82, 2.24) is 0 Å². The summed E-state index contributed by atoms with van der Waals surface area (Å²) >= 11 is 0. The van der Waals surface area contributed by atoms with Gasteiger partial charge in [-0.05, 0) is 37.1 Å². The smallest absolute Gasteiger partial charge is 0.145 e. The summed E-state index contributed by atoms with van der Waals surface area (Å²) in [5.41, 5.74) is 1.43. The number of hydrogen-bond acceptors (Lipinski definition) is 4. The summed E-state index contributed by atoms with van der Waals surface area (Å²) in [5.74, 6) is 1.50. The lowest BCUT2D eigenvalue weighted by Crippen LogP contribution is -2.34. The van der Waals surface area contributed by atoms with Crippen molar-refractivity contribution in [2.75, 3.05) is 13.2 Å². The molecule has 4 heteroatoms. The quantitative estimate of drug-likeness (QED) is 0.670. The molecule has 0 bridgehead atoms. The molecule has 2 aromatic carbocycles. The van der Waals surface area contributed by atoms with Crippen LogP contribution in [0.25, 0.3) is 0 Å². The van der Waals surface area contributed by atoms with E-state index in [-0.39, 0.29) is 12.8 Å². The summed E-state index contributed by atoms with van der Waals surface area (Å²) in [7, 11) is 0. The molecule has 0 radical (unpaired) electrons. The van der Waals surface area contributed by atoms with Gasteiger partial charge in [-0.1, -0.05) is 45.5 Å². The molecule has 0 fully saturated rings. The van der Waals surface area contributed by atoms with Gasteiger partial charge >= 0.3 is 0 Å². The molecular formula is C21H26N2O2. The van der Waals surface area contributed by atoms with Crippen LogP contribution >= 0.6 is 0 Å². The number of ether oxygens (including phenoxy) is 2. The van der Waals surface area contributed by atoms with Crippen molar-refractivity contribution in [1.29, 1.82) is 0 Å². The number of para-hydroxylation sites is 4. The Bertz CT molecular complexity index is 702. The Morgan fingerprint density at radius 2 is 1.28 bits per heavy atom. The van der Waals surface area contributed by atoms with Gasteiger partial charge < -0.3 is 9.47 Å². The molecule has 0 aromatic heterocycles. The van der Waals surface area contributed by atoms with E-state index in [1.165, 1.54) is 0 Å². The van der Waals surface area contributed by atoms with Crippen LogP contribution in [0, 0.1) is 5.41 Å². The van der Waals surface area contributed by atoms with E-state index in [0.717, 1.165) is 35.7 Å². The average molecular weight is 338 g/mol. The topological polar surface area (TPSA) is 43.2 Å². The molecule has 0 saturated carbocycles. The van der Waals surface area contributed by atoms with Crippen LogP contribution in [0.3, 0.4) is 0 Å². The van der Waals surface area contributed by atoms with Gasteiger partial charge in [0.05, 0.1) is 13.2 Å². The van der Waals surface area contributed by atoms with Crippen molar-refractivity contribution < 1.29 is 9.47 Å². The largest absolute Gasteiger partial charge is 0.491 e. The summed E-state index contributed by atoms with van der Waals surface area (Å²) in [6, 6.07) is 18.2.